The van der Waals surface area contributed by atoms with Gasteiger partial charge in [-0.1, -0.05) is 30.3 Å². The van der Waals surface area contributed by atoms with Crippen molar-refractivity contribution in [3.63, 3.8) is 0 Å². The summed E-state index contributed by atoms with van der Waals surface area (Å²) < 4.78 is 41.1. The molecule has 2 aromatic rings. The van der Waals surface area contributed by atoms with Crippen molar-refractivity contribution in [2.75, 3.05) is 0 Å². The van der Waals surface area contributed by atoms with Gasteiger partial charge in [0.25, 0.3) is 0 Å². The van der Waals surface area contributed by atoms with Gasteiger partial charge < -0.3 is 0 Å². The highest BCUT2D eigenvalue weighted by molar-refractivity contribution is 5.73. The molecule has 0 radical (unpaired) electrons. The quantitative estimate of drug-likeness (QED) is 0.735. The van der Waals surface area contributed by atoms with Crippen molar-refractivity contribution in [1.29, 1.82) is 10.5 Å². The standard InChI is InChI=1S/C14H5F3N2/c15-12-10(7-19)14(17)13(16)9(6-18)11(12)8-4-2-1-3-5-8/h1-5H. The highest BCUT2D eigenvalue weighted by Crippen LogP contribution is 2.32. The predicted octanol–water partition coefficient (Wildman–Crippen LogP) is 3.51. The van der Waals surface area contributed by atoms with Crippen LogP contribution in [0.4, 0.5) is 13.2 Å². The monoisotopic (exact) mass is 258 g/mol. The number of hydrogen-bond donors (Lipinski definition) is 0. The van der Waals surface area contributed by atoms with Crippen LogP contribution in [0.1, 0.15) is 11.1 Å². The topological polar surface area (TPSA) is 47.6 Å². The molecule has 0 aliphatic rings. The highest BCUT2D eigenvalue weighted by atomic mass is 19.2. The first-order chi connectivity index (χ1) is 9.11. The number of nitriles is 2. The normalized spacial score (nSPS) is 9.74. The lowest BCUT2D eigenvalue weighted by Crippen LogP contribution is -2.03. The van der Waals surface area contributed by atoms with Gasteiger partial charge in [-0.25, -0.2) is 13.2 Å². The van der Waals surface area contributed by atoms with E-state index in [9.17, 15) is 13.2 Å². The largest absolute Gasteiger partial charge is 0.205 e. The van der Waals surface area contributed by atoms with Crippen molar-refractivity contribution in [2.45, 2.75) is 0 Å². The second kappa shape index (κ2) is 4.83. The molecule has 0 saturated heterocycles. The molecule has 2 rings (SSSR count). The number of benzene rings is 2. The van der Waals surface area contributed by atoms with E-state index in [0.717, 1.165) is 0 Å². The van der Waals surface area contributed by atoms with Gasteiger partial charge >= 0.3 is 0 Å². The molecule has 0 heterocycles. The Bertz CT molecular complexity index is 725. The molecule has 19 heavy (non-hydrogen) atoms. The van der Waals surface area contributed by atoms with Crippen LogP contribution in [-0.4, -0.2) is 0 Å². The summed E-state index contributed by atoms with van der Waals surface area (Å²) in [7, 11) is 0. The fourth-order valence-corrected chi connectivity index (χ4v) is 1.74. The summed E-state index contributed by atoms with van der Waals surface area (Å²) >= 11 is 0. The molecule has 0 unspecified atom stereocenters. The molecular weight excluding hydrogens is 253 g/mol. The van der Waals surface area contributed by atoms with E-state index in [1.807, 2.05) is 0 Å². The van der Waals surface area contributed by atoms with Gasteiger partial charge in [0.2, 0.25) is 0 Å². The van der Waals surface area contributed by atoms with Crippen molar-refractivity contribution >= 4 is 0 Å². The van der Waals surface area contributed by atoms with E-state index in [0.29, 0.717) is 0 Å². The van der Waals surface area contributed by atoms with Crippen molar-refractivity contribution in [2.24, 2.45) is 0 Å². The maximum Gasteiger partial charge on any atom is 0.180 e. The average Bonchev–Trinajstić information content (AvgIpc) is 2.44. The summed E-state index contributed by atoms with van der Waals surface area (Å²) in [6.07, 6.45) is 0. The molecular formula is C14H5F3N2. The second-order valence-corrected chi connectivity index (χ2v) is 3.66. The summed E-state index contributed by atoms with van der Waals surface area (Å²) in [4.78, 5) is 0. The molecule has 0 spiro atoms. The van der Waals surface area contributed by atoms with Crippen LogP contribution in [0.25, 0.3) is 11.1 Å². The number of hydrogen-bond acceptors (Lipinski definition) is 2. The SMILES string of the molecule is N#Cc1c(F)c(F)c(C#N)c(-c2ccccc2)c1F. The Morgan fingerprint density at radius 3 is 1.79 bits per heavy atom. The van der Waals surface area contributed by atoms with Gasteiger partial charge in [0.1, 0.15) is 23.3 Å². The average molecular weight is 258 g/mol. The van der Waals surface area contributed by atoms with Crippen LogP contribution in [0, 0.1) is 40.1 Å². The minimum Gasteiger partial charge on any atom is -0.205 e. The fourth-order valence-electron chi connectivity index (χ4n) is 1.74. The third-order valence-electron chi connectivity index (χ3n) is 2.61. The van der Waals surface area contributed by atoms with Crippen LogP contribution >= 0.6 is 0 Å². The molecule has 0 bridgehead atoms. The van der Waals surface area contributed by atoms with E-state index < -0.39 is 34.1 Å². The Morgan fingerprint density at radius 2 is 1.26 bits per heavy atom. The van der Waals surface area contributed by atoms with Gasteiger partial charge in [0.05, 0.1) is 0 Å². The third kappa shape index (κ3) is 1.92. The molecule has 0 aromatic heterocycles. The molecule has 2 nitrogen and oxygen atoms in total. The van der Waals surface area contributed by atoms with Crippen LogP contribution < -0.4 is 0 Å². The molecule has 2 aromatic carbocycles. The van der Waals surface area contributed by atoms with Crippen molar-refractivity contribution in [3.8, 4) is 23.3 Å². The zero-order valence-corrected chi connectivity index (χ0v) is 9.42. The number of halogens is 3. The Balaban J connectivity index is 2.93. The molecule has 0 amide bonds. The number of nitrogens with zero attached hydrogens (tertiary/aromatic N) is 2. The minimum absolute atomic E-state index is 0.201. The maximum absolute atomic E-state index is 14.1. The lowest BCUT2D eigenvalue weighted by atomic mass is 9.96. The van der Waals surface area contributed by atoms with E-state index in [4.69, 9.17) is 10.5 Å². The van der Waals surface area contributed by atoms with Gasteiger partial charge in [-0.2, -0.15) is 10.5 Å². The van der Waals surface area contributed by atoms with Crippen molar-refractivity contribution < 1.29 is 13.2 Å². The van der Waals surface area contributed by atoms with E-state index in [-0.39, 0.29) is 5.56 Å². The van der Waals surface area contributed by atoms with Crippen LogP contribution in [0.3, 0.4) is 0 Å². The van der Waals surface area contributed by atoms with E-state index >= 15 is 0 Å². The Kier molecular flexibility index (Phi) is 3.22. The van der Waals surface area contributed by atoms with Gasteiger partial charge in [0, 0.05) is 5.56 Å². The summed E-state index contributed by atoms with van der Waals surface area (Å²) in [5.41, 5.74) is -1.99. The van der Waals surface area contributed by atoms with Crippen LogP contribution in [-0.2, 0) is 0 Å². The summed E-state index contributed by atoms with van der Waals surface area (Å²) in [6, 6.07) is 10.4. The van der Waals surface area contributed by atoms with Gasteiger partial charge in [-0.05, 0) is 5.56 Å². The molecule has 0 N–H and O–H groups in total. The number of rotatable bonds is 1. The molecule has 0 saturated carbocycles. The predicted molar refractivity (Wildman–Crippen MR) is 61.2 cm³/mol. The molecule has 0 atom stereocenters. The molecule has 0 aliphatic carbocycles. The van der Waals surface area contributed by atoms with E-state index in [1.165, 1.54) is 24.3 Å². The fraction of sp³-hybridized carbons (Fsp3) is 0. The lowest BCUT2D eigenvalue weighted by molar-refractivity contribution is 0.490. The zero-order valence-electron chi connectivity index (χ0n) is 9.42. The summed E-state index contributed by atoms with van der Waals surface area (Å²) in [5, 5.41) is 17.5. The van der Waals surface area contributed by atoms with Crippen LogP contribution in [0.15, 0.2) is 30.3 Å². The highest BCUT2D eigenvalue weighted by Gasteiger charge is 2.25. The first kappa shape index (κ1) is 12.7. The maximum atomic E-state index is 14.1. The van der Waals surface area contributed by atoms with Gasteiger partial charge in [0.15, 0.2) is 17.5 Å². The molecule has 0 aliphatic heterocycles. The van der Waals surface area contributed by atoms with Crippen LogP contribution in [0.2, 0.25) is 0 Å². The smallest absolute Gasteiger partial charge is 0.180 e. The van der Waals surface area contributed by atoms with Crippen LogP contribution in [0.5, 0.6) is 0 Å². The van der Waals surface area contributed by atoms with E-state index in [1.54, 1.807) is 18.2 Å². The summed E-state index contributed by atoms with van der Waals surface area (Å²) in [6.45, 7) is 0. The minimum atomic E-state index is -1.64. The third-order valence-corrected chi connectivity index (χ3v) is 2.61. The lowest BCUT2D eigenvalue weighted by Gasteiger charge is -2.09. The van der Waals surface area contributed by atoms with Crippen molar-refractivity contribution in [3.05, 3.63) is 58.9 Å². The molecule has 92 valence electrons. The van der Waals surface area contributed by atoms with Gasteiger partial charge in [-0.15, -0.1) is 0 Å². The zero-order chi connectivity index (χ0) is 14.0. The Labute approximate surface area is 107 Å². The first-order valence-electron chi connectivity index (χ1n) is 5.17. The molecule has 0 fully saturated rings. The molecule has 5 heteroatoms. The van der Waals surface area contributed by atoms with Crippen molar-refractivity contribution in [1.82, 2.24) is 0 Å². The summed E-state index contributed by atoms with van der Waals surface area (Å²) in [5.74, 6) is -4.39. The first-order valence-corrected chi connectivity index (χ1v) is 5.17. The Morgan fingerprint density at radius 1 is 0.737 bits per heavy atom. The van der Waals surface area contributed by atoms with Gasteiger partial charge in [-0.3, -0.25) is 0 Å². The second-order valence-electron chi connectivity index (χ2n) is 3.66. The Hall–Kier alpha value is -2.79. The van der Waals surface area contributed by atoms with E-state index in [2.05, 4.69) is 0 Å².